The Morgan fingerprint density at radius 1 is 1.21 bits per heavy atom. The number of halogens is 1. The first-order chi connectivity index (χ1) is 11.7. The zero-order valence-electron chi connectivity index (χ0n) is 13.9. The van der Waals surface area contributed by atoms with Gasteiger partial charge in [0, 0.05) is 24.0 Å². The van der Waals surface area contributed by atoms with Gasteiger partial charge in [0.05, 0.1) is 7.11 Å². The van der Waals surface area contributed by atoms with E-state index in [0.717, 1.165) is 29.6 Å². The summed E-state index contributed by atoms with van der Waals surface area (Å²) < 4.78 is 6.44. The Hall–Kier alpha value is -1.81. The molecule has 1 aliphatic heterocycles. The van der Waals surface area contributed by atoms with Crippen LogP contribution in [-0.4, -0.2) is 24.5 Å². The molecule has 24 heavy (non-hydrogen) atoms. The van der Waals surface area contributed by atoms with Crippen LogP contribution in [0.4, 0.5) is 0 Å². The van der Waals surface area contributed by atoms with Crippen LogP contribution in [-0.2, 0) is 17.8 Å². The van der Waals surface area contributed by atoms with Crippen LogP contribution in [0.25, 0.3) is 0 Å². The summed E-state index contributed by atoms with van der Waals surface area (Å²) in [5.41, 5.74) is 2.43. The lowest BCUT2D eigenvalue weighted by atomic mass is 9.90. The van der Waals surface area contributed by atoms with Gasteiger partial charge >= 0.3 is 0 Å². The second kappa shape index (κ2) is 7.84. The summed E-state index contributed by atoms with van der Waals surface area (Å²) in [7, 11) is 1.69. The molecule has 1 atom stereocenters. The second-order valence-electron chi connectivity index (χ2n) is 6.33. The number of likely N-dealkylation sites (tertiary alicyclic amines) is 1. The molecular formula is C20H22BrNO2. The number of nitrogens with zero attached hydrogens (tertiary/aromatic N) is 1. The molecule has 2 aromatic rings. The van der Waals surface area contributed by atoms with Gasteiger partial charge in [0.15, 0.2) is 0 Å². The molecule has 1 aliphatic rings. The van der Waals surface area contributed by atoms with Gasteiger partial charge in [-0.25, -0.2) is 0 Å². The Balaban J connectivity index is 1.68. The van der Waals surface area contributed by atoms with E-state index in [1.807, 2.05) is 35.2 Å². The van der Waals surface area contributed by atoms with Crippen molar-refractivity contribution in [1.82, 2.24) is 4.90 Å². The first kappa shape index (κ1) is 17.0. The first-order valence-corrected chi connectivity index (χ1v) is 9.09. The maximum Gasteiger partial charge on any atom is 0.222 e. The number of piperidine rings is 1. The van der Waals surface area contributed by atoms with Crippen molar-refractivity contribution in [1.29, 1.82) is 0 Å². The molecular weight excluding hydrogens is 366 g/mol. The highest BCUT2D eigenvalue weighted by Crippen LogP contribution is 2.29. The zero-order valence-corrected chi connectivity index (χ0v) is 15.5. The van der Waals surface area contributed by atoms with Crippen LogP contribution < -0.4 is 4.74 Å². The van der Waals surface area contributed by atoms with Crippen molar-refractivity contribution >= 4 is 21.8 Å². The molecule has 0 spiro atoms. The van der Waals surface area contributed by atoms with Gasteiger partial charge in [-0.3, -0.25) is 4.79 Å². The van der Waals surface area contributed by atoms with E-state index >= 15 is 0 Å². The summed E-state index contributed by atoms with van der Waals surface area (Å²) in [4.78, 5) is 14.3. The molecule has 0 bridgehead atoms. The molecule has 4 heteroatoms. The molecule has 1 heterocycles. The highest BCUT2D eigenvalue weighted by atomic mass is 79.9. The van der Waals surface area contributed by atoms with Crippen LogP contribution in [0.1, 0.15) is 24.0 Å². The van der Waals surface area contributed by atoms with Gasteiger partial charge in [0.1, 0.15) is 5.75 Å². The predicted molar refractivity (Wildman–Crippen MR) is 99.0 cm³/mol. The number of amides is 1. The van der Waals surface area contributed by atoms with Crippen molar-refractivity contribution < 1.29 is 9.53 Å². The zero-order chi connectivity index (χ0) is 16.9. The normalized spacial score (nSPS) is 17.8. The van der Waals surface area contributed by atoms with E-state index in [4.69, 9.17) is 4.74 Å². The first-order valence-electron chi connectivity index (χ1n) is 8.30. The average Bonchev–Trinajstić information content (AvgIpc) is 2.60. The lowest BCUT2D eigenvalue weighted by Gasteiger charge is -2.33. The van der Waals surface area contributed by atoms with Gasteiger partial charge in [-0.05, 0) is 48.1 Å². The van der Waals surface area contributed by atoms with Gasteiger partial charge in [-0.1, -0.05) is 46.3 Å². The highest BCUT2D eigenvalue weighted by molar-refractivity contribution is 9.10. The monoisotopic (exact) mass is 387 g/mol. The second-order valence-corrected chi connectivity index (χ2v) is 7.18. The van der Waals surface area contributed by atoms with E-state index in [0.29, 0.717) is 18.9 Å². The van der Waals surface area contributed by atoms with Crippen LogP contribution in [0.5, 0.6) is 5.75 Å². The largest absolute Gasteiger partial charge is 0.497 e. The van der Waals surface area contributed by atoms with Crippen molar-refractivity contribution in [2.75, 3.05) is 13.7 Å². The predicted octanol–water partition coefficient (Wildman–Crippen LogP) is 4.44. The molecule has 0 aromatic heterocycles. The lowest BCUT2D eigenvalue weighted by Crippen LogP contribution is -2.40. The molecule has 0 radical (unpaired) electrons. The van der Waals surface area contributed by atoms with Crippen molar-refractivity contribution in [2.24, 2.45) is 5.92 Å². The van der Waals surface area contributed by atoms with Crippen LogP contribution in [0, 0.1) is 5.92 Å². The van der Waals surface area contributed by atoms with Gasteiger partial charge < -0.3 is 9.64 Å². The smallest absolute Gasteiger partial charge is 0.222 e. The third-order valence-electron chi connectivity index (χ3n) is 4.58. The Kier molecular flexibility index (Phi) is 5.56. The van der Waals surface area contributed by atoms with E-state index in [2.05, 4.69) is 34.1 Å². The standard InChI is InChI=1S/C20H22BrNO2/c1-24-18-8-9-19(21)17(12-18)11-16-7-10-20(23)22(14-16)13-15-5-3-2-4-6-15/h2-6,8-9,12,16H,7,10-11,13-14H2,1H3. The molecule has 2 aromatic carbocycles. The fourth-order valence-electron chi connectivity index (χ4n) is 3.26. The molecule has 3 rings (SSSR count). The maximum atomic E-state index is 12.3. The van der Waals surface area contributed by atoms with E-state index < -0.39 is 0 Å². The van der Waals surface area contributed by atoms with Crippen LogP contribution in [0.3, 0.4) is 0 Å². The Morgan fingerprint density at radius 3 is 2.75 bits per heavy atom. The Bertz CT molecular complexity index is 702. The number of rotatable bonds is 5. The summed E-state index contributed by atoms with van der Waals surface area (Å²) >= 11 is 3.63. The minimum Gasteiger partial charge on any atom is -0.497 e. The van der Waals surface area contributed by atoms with Crippen molar-refractivity contribution in [3.05, 3.63) is 64.1 Å². The molecule has 1 saturated heterocycles. The van der Waals surface area contributed by atoms with Gasteiger partial charge in [0.2, 0.25) is 5.91 Å². The summed E-state index contributed by atoms with van der Waals surface area (Å²) in [5.74, 6) is 1.62. The number of hydrogen-bond acceptors (Lipinski definition) is 2. The molecule has 3 nitrogen and oxygen atoms in total. The Morgan fingerprint density at radius 2 is 2.00 bits per heavy atom. The minimum atomic E-state index is 0.264. The number of methoxy groups -OCH3 is 1. The topological polar surface area (TPSA) is 29.5 Å². The quantitative estimate of drug-likeness (QED) is 0.758. The number of carbonyl (C=O) groups is 1. The summed E-state index contributed by atoms with van der Waals surface area (Å²) in [6.07, 6.45) is 2.54. The molecule has 1 unspecified atom stereocenters. The van der Waals surface area contributed by atoms with Gasteiger partial charge in [-0.15, -0.1) is 0 Å². The molecule has 0 saturated carbocycles. The van der Waals surface area contributed by atoms with Crippen LogP contribution >= 0.6 is 15.9 Å². The molecule has 0 N–H and O–H groups in total. The van der Waals surface area contributed by atoms with Crippen molar-refractivity contribution in [2.45, 2.75) is 25.8 Å². The number of carbonyl (C=O) groups excluding carboxylic acids is 1. The molecule has 126 valence electrons. The number of hydrogen-bond donors (Lipinski definition) is 0. The van der Waals surface area contributed by atoms with Crippen molar-refractivity contribution in [3.63, 3.8) is 0 Å². The lowest BCUT2D eigenvalue weighted by molar-refractivity contribution is -0.135. The third-order valence-corrected chi connectivity index (χ3v) is 5.35. The number of benzene rings is 2. The van der Waals surface area contributed by atoms with E-state index in [9.17, 15) is 4.79 Å². The summed E-state index contributed by atoms with van der Waals surface area (Å²) in [6.45, 7) is 1.52. The van der Waals surface area contributed by atoms with Gasteiger partial charge in [0.25, 0.3) is 0 Å². The van der Waals surface area contributed by atoms with E-state index in [1.165, 1.54) is 11.1 Å². The van der Waals surface area contributed by atoms with Crippen LogP contribution in [0.2, 0.25) is 0 Å². The molecule has 1 amide bonds. The van der Waals surface area contributed by atoms with Crippen LogP contribution in [0.15, 0.2) is 53.0 Å². The van der Waals surface area contributed by atoms with E-state index in [1.54, 1.807) is 7.11 Å². The fourth-order valence-corrected chi connectivity index (χ4v) is 3.67. The average molecular weight is 388 g/mol. The summed E-state index contributed by atoms with van der Waals surface area (Å²) in [5, 5.41) is 0. The third kappa shape index (κ3) is 4.18. The number of ether oxygens (including phenoxy) is 1. The maximum absolute atomic E-state index is 12.3. The van der Waals surface area contributed by atoms with E-state index in [-0.39, 0.29) is 5.91 Å². The highest BCUT2D eigenvalue weighted by Gasteiger charge is 2.26. The van der Waals surface area contributed by atoms with Crippen molar-refractivity contribution in [3.8, 4) is 5.75 Å². The molecule has 1 fully saturated rings. The fraction of sp³-hybridized carbons (Fsp3) is 0.350. The van der Waals surface area contributed by atoms with Gasteiger partial charge in [-0.2, -0.15) is 0 Å². The SMILES string of the molecule is COc1ccc(Br)c(CC2CCC(=O)N(Cc3ccccc3)C2)c1. The minimum absolute atomic E-state index is 0.264. The summed E-state index contributed by atoms with van der Waals surface area (Å²) in [6, 6.07) is 16.3. The molecule has 0 aliphatic carbocycles. The Labute approximate surface area is 151 Å².